The second kappa shape index (κ2) is 7.50. The molecule has 0 bridgehead atoms. The number of hydrogen-bond acceptors (Lipinski definition) is 6. The summed E-state index contributed by atoms with van der Waals surface area (Å²) in [5.41, 5.74) is 0.0220. The molecule has 1 aliphatic heterocycles. The van der Waals surface area contributed by atoms with Crippen LogP contribution in [0.5, 0.6) is 5.75 Å². The van der Waals surface area contributed by atoms with Crippen LogP contribution in [0.3, 0.4) is 0 Å². The van der Waals surface area contributed by atoms with Crippen molar-refractivity contribution in [2.45, 2.75) is 30.4 Å². The summed E-state index contributed by atoms with van der Waals surface area (Å²) in [7, 11) is -2.63. The second-order valence-corrected chi connectivity index (χ2v) is 8.91. The summed E-state index contributed by atoms with van der Waals surface area (Å²) < 4.78 is 35.1. The highest BCUT2D eigenvalue weighted by molar-refractivity contribution is 7.89. The van der Waals surface area contributed by atoms with Crippen LogP contribution in [0, 0.1) is 30.6 Å². The zero-order chi connectivity index (χ0) is 22.3. The molecule has 1 aliphatic rings. The minimum absolute atomic E-state index is 0.0334. The quantitative estimate of drug-likeness (QED) is 0.622. The number of carbonyl (C=O) groups excluding carboxylic acids is 1. The SMILES string of the molecule is C#C[C@@H](O)C1(C)COc2c(cn(C)c2C(=O)Nc2ccc(C)c(C#N)c2)S(=O)(=O)N1. The summed E-state index contributed by atoms with van der Waals surface area (Å²) >= 11 is 0. The number of hydrogen-bond donors (Lipinski definition) is 3. The summed E-state index contributed by atoms with van der Waals surface area (Å²) in [6.45, 7) is 2.89. The van der Waals surface area contributed by atoms with Gasteiger partial charge in [-0.25, -0.2) is 8.42 Å². The summed E-state index contributed by atoms with van der Waals surface area (Å²) in [6, 6.07) is 6.89. The predicted octanol–water partition coefficient (Wildman–Crippen LogP) is 0.881. The van der Waals surface area contributed by atoms with Crippen LogP contribution in [0.25, 0.3) is 0 Å². The molecule has 0 saturated heterocycles. The normalized spacial score (nSPS) is 20.6. The average Bonchev–Trinajstić information content (AvgIpc) is 2.99. The maximum Gasteiger partial charge on any atom is 0.276 e. The molecular weight excluding hydrogens is 408 g/mol. The third-order valence-electron chi connectivity index (χ3n) is 4.87. The molecule has 0 spiro atoms. The lowest BCUT2D eigenvalue weighted by Crippen LogP contribution is -2.56. The van der Waals surface area contributed by atoms with E-state index in [2.05, 4.69) is 16.0 Å². The van der Waals surface area contributed by atoms with Crippen LogP contribution >= 0.6 is 0 Å². The van der Waals surface area contributed by atoms with E-state index in [1.54, 1.807) is 19.1 Å². The number of benzene rings is 1. The van der Waals surface area contributed by atoms with Gasteiger partial charge < -0.3 is 19.7 Å². The molecule has 2 atom stereocenters. The van der Waals surface area contributed by atoms with Crippen molar-refractivity contribution in [3.05, 3.63) is 41.2 Å². The van der Waals surface area contributed by atoms with Crippen molar-refractivity contribution >= 4 is 21.6 Å². The van der Waals surface area contributed by atoms with E-state index in [9.17, 15) is 23.6 Å². The summed E-state index contributed by atoms with van der Waals surface area (Å²) in [4.78, 5) is 12.7. The molecule has 0 saturated carbocycles. The Hall–Kier alpha value is -3.31. The highest BCUT2D eigenvalue weighted by Crippen LogP contribution is 2.35. The highest BCUT2D eigenvalue weighted by Gasteiger charge is 2.43. The third-order valence-corrected chi connectivity index (χ3v) is 6.47. The monoisotopic (exact) mass is 428 g/mol. The van der Waals surface area contributed by atoms with Crippen molar-refractivity contribution in [1.29, 1.82) is 5.26 Å². The molecule has 3 rings (SSSR count). The fourth-order valence-electron chi connectivity index (χ4n) is 3.11. The zero-order valence-electron chi connectivity index (χ0n) is 16.6. The van der Waals surface area contributed by atoms with Gasteiger partial charge in [-0.05, 0) is 31.5 Å². The number of fused-ring (bicyclic) bond motifs is 1. The van der Waals surface area contributed by atoms with Crippen molar-refractivity contribution < 1.29 is 23.1 Å². The van der Waals surface area contributed by atoms with Crippen LogP contribution in [0.1, 0.15) is 28.5 Å². The number of aliphatic hydroxyl groups is 1. The lowest BCUT2D eigenvalue weighted by atomic mass is 9.98. The predicted molar refractivity (Wildman–Crippen MR) is 108 cm³/mol. The molecule has 9 nitrogen and oxygen atoms in total. The number of aliphatic hydroxyl groups excluding tert-OH is 1. The smallest absolute Gasteiger partial charge is 0.276 e. The van der Waals surface area contributed by atoms with Crippen molar-refractivity contribution in [3.63, 3.8) is 0 Å². The van der Waals surface area contributed by atoms with Gasteiger partial charge in [-0.3, -0.25) is 4.79 Å². The van der Waals surface area contributed by atoms with E-state index in [1.165, 1.54) is 30.8 Å². The van der Waals surface area contributed by atoms with Crippen LogP contribution in [0.4, 0.5) is 5.69 Å². The van der Waals surface area contributed by atoms with Crippen molar-refractivity contribution in [2.24, 2.45) is 7.05 Å². The Labute approximate surface area is 174 Å². The lowest BCUT2D eigenvalue weighted by Gasteiger charge is -2.29. The summed E-state index contributed by atoms with van der Waals surface area (Å²) in [5, 5.41) is 21.9. The number of sulfonamides is 1. The second-order valence-electron chi connectivity index (χ2n) is 7.26. The Balaban J connectivity index is 2.01. The molecule has 2 aromatic rings. The van der Waals surface area contributed by atoms with Gasteiger partial charge in [0.15, 0.2) is 11.4 Å². The Morgan fingerprint density at radius 1 is 1.50 bits per heavy atom. The minimum atomic E-state index is -4.14. The molecule has 3 N–H and O–H groups in total. The van der Waals surface area contributed by atoms with E-state index in [-0.39, 0.29) is 22.9 Å². The van der Waals surface area contributed by atoms with Gasteiger partial charge in [-0.2, -0.15) is 9.98 Å². The van der Waals surface area contributed by atoms with E-state index in [0.717, 1.165) is 5.56 Å². The van der Waals surface area contributed by atoms with Gasteiger partial charge in [0.05, 0.1) is 11.6 Å². The van der Waals surface area contributed by atoms with Crippen LogP contribution in [0.2, 0.25) is 0 Å². The minimum Gasteiger partial charge on any atom is -0.488 e. The van der Waals surface area contributed by atoms with Crippen LogP contribution in [0.15, 0.2) is 29.3 Å². The van der Waals surface area contributed by atoms with Gasteiger partial charge in [-0.1, -0.05) is 12.0 Å². The zero-order valence-corrected chi connectivity index (χ0v) is 17.4. The van der Waals surface area contributed by atoms with Gasteiger partial charge in [0, 0.05) is 18.9 Å². The van der Waals surface area contributed by atoms with E-state index < -0.39 is 27.6 Å². The maximum atomic E-state index is 12.9. The third kappa shape index (κ3) is 3.64. The summed E-state index contributed by atoms with van der Waals surface area (Å²) in [6.07, 6.45) is 5.05. The number of nitrogens with zero attached hydrogens (tertiary/aromatic N) is 2. The number of ether oxygens (including phenoxy) is 1. The highest BCUT2D eigenvalue weighted by atomic mass is 32.2. The van der Waals surface area contributed by atoms with Gasteiger partial charge in [0.1, 0.15) is 23.1 Å². The number of terminal acetylenes is 1. The van der Waals surface area contributed by atoms with Crippen LogP contribution in [-0.4, -0.2) is 42.2 Å². The Bertz CT molecular complexity index is 1220. The van der Waals surface area contributed by atoms with Crippen molar-refractivity contribution in [3.8, 4) is 24.2 Å². The molecule has 30 heavy (non-hydrogen) atoms. The first kappa shape index (κ1) is 21.4. The number of amides is 1. The van der Waals surface area contributed by atoms with Crippen LogP contribution in [-0.2, 0) is 17.1 Å². The van der Waals surface area contributed by atoms with Gasteiger partial charge in [0.2, 0.25) is 10.0 Å². The molecule has 1 aromatic carbocycles. The van der Waals surface area contributed by atoms with E-state index in [1.807, 2.05) is 6.07 Å². The molecule has 0 aliphatic carbocycles. The van der Waals surface area contributed by atoms with E-state index >= 15 is 0 Å². The molecule has 0 radical (unpaired) electrons. The molecule has 156 valence electrons. The number of anilines is 1. The van der Waals surface area contributed by atoms with Gasteiger partial charge >= 0.3 is 0 Å². The molecule has 2 heterocycles. The number of rotatable bonds is 3. The molecule has 1 unspecified atom stereocenters. The Kier molecular flexibility index (Phi) is 5.35. The first-order valence-electron chi connectivity index (χ1n) is 8.85. The largest absolute Gasteiger partial charge is 0.488 e. The van der Waals surface area contributed by atoms with E-state index in [4.69, 9.17) is 11.2 Å². The molecule has 1 aromatic heterocycles. The number of carbonyl (C=O) groups is 1. The number of aromatic nitrogens is 1. The summed E-state index contributed by atoms with van der Waals surface area (Å²) in [5.74, 6) is 1.32. The topological polar surface area (TPSA) is 133 Å². The first-order valence-corrected chi connectivity index (χ1v) is 10.3. The number of nitrogens with one attached hydrogen (secondary N) is 2. The Morgan fingerprint density at radius 2 is 2.20 bits per heavy atom. The fourth-order valence-corrected chi connectivity index (χ4v) is 4.70. The molecule has 10 heteroatoms. The molecule has 1 amide bonds. The molecular formula is C20H20N4O5S. The van der Waals surface area contributed by atoms with Gasteiger partial charge in [-0.15, -0.1) is 6.42 Å². The number of aryl methyl sites for hydroxylation is 2. The van der Waals surface area contributed by atoms with Crippen molar-refractivity contribution in [2.75, 3.05) is 11.9 Å². The van der Waals surface area contributed by atoms with Crippen LogP contribution < -0.4 is 14.8 Å². The maximum absolute atomic E-state index is 12.9. The standard InChI is InChI=1S/C20H20N4O5S/c1-5-16(25)20(3)11-29-18-15(30(27,28)23-20)10-24(4)17(18)19(26)22-14-7-6-12(2)13(8-14)9-21/h1,6-8,10,16,23,25H,11H2,2-4H3,(H,22,26)/t16-,20?/m1/s1. The van der Waals surface area contributed by atoms with Crippen molar-refractivity contribution in [1.82, 2.24) is 9.29 Å². The lowest BCUT2D eigenvalue weighted by molar-refractivity contribution is 0.0898. The fraction of sp³-hybridized carbons (Fsp3) is 0.300. The Morgan fingerprint density at radius 3 is 2.83 bits per heavy atom. The number of nitriles is 1. The molecule has 0 fully saturated rings. The average molecular weight is 428 g/mol. The first-order chi connectivity index (χ1) is 14.0. The van der Waals surface area contributed by atoms with E-state index in [0.29, 0.717) is 11.3 Å². The van der Waals surface area contributed by atoms with Gasteiger partial charge in [0.25, 0.3) is 5.91 Å².